The van der Waals surface area contributed by atoms with Crippen LogP contribution in [0.2, 0.25) is 0 Å². The van der Waals surface area contributed by atoms with Crippen molar-refractivity contribution in [1.29, 1.82) is 0 Å². The molecule has 2 aromatic rings. The topological polar surface area (TPSA) is 46.6 Å². The predicted octanol–water partition coefficient (Wildman–Crippen LogP) is 3.27. The lowest BCUT2D eigenvalue weighted by Gasteiger charge is -2.22. The second kappa shape index (κ2) is 6.43. The Hall–Kier alpha value is -2.69. The molecule has 0 saturated heterocycles. The van der Waals surface area contributed by atoms with E-state index in [-0.39, 0.29) is 24.1 Å². The van der Waals surface area contributed by atoms with Gasteiger partial charge in [0.25, 0.3) is 5.91 Å². The Morgan fingerprint density at radius 3 is 2.75 bits per heavy atom. The van der Waals surface area contributed by atoms with Crippen LogP contribution < -0.4 is 4.90 Å². The van der Waals surface area contributed by atoms with Gasteiger partial charge in [0.2, 0.25) is 0 Å². The third-order valence-corrected chi connectivity index (χ3v) is 4.21. The van der Waals surface area contributed by atoms with Gasteiger partial charge in [0.1, 0.15) is 5.82 Å². The van der Waals surface area contributed by atoms with Gasteiger partial charge >= 0.3 is 5.97 Å². The Morgan fingerprint density at radius 1 is 1.25 bits per heavy atom. The Morgan fingerprint density at radius 2 is 2.00 bits per heavy atom. The molecule has 1 amide bonds. The number of rotatable bonds is 3. The third kappa shape index (κ3) is 3.02. The van der Waals surface area contributed by atoms with E-state index in [1.807, 2.05) is 31.2 Å². The van der Waals surface area contributed by atoms with E-state index in [9.17, 15) is 14.0 Å². The fourth-order valence-electron chi connectivity index (χ4n) is 2.95. The van der Waals surface area contributed by atoms with Crippen molar-refractivity contribution >= 4 is 17.6 Å². The number of anilines is 1. The summed E-state index contributed by atoms with van der Waals surface area (Å²) in [5, 5.41) is 0. The van der Waals surface area contributed by atoms with Crippen molar-refractivity contribution in [3.8, 4) is 0 Å². The van der Waals surface area contributed by atoms with Crippen LogP contribution in [0, 0.1) is 12.7 Å². The smallest absolute Gasteiger partial charge is 0.338 e. The second-order valence-electron chi connectivity index (χ2n) is 5.99. The average Bonchev–Trinajstić information content (AvgIpc) is 2.90. The first kappa shape index (κ1) is 16.2. The molecule has 0 bridgehead atoms. The van der Waals surface area contributed by atoms with Crippen LogP contribution in [0.15, 0.2) is 42.5 Å². The van der Waals surface area contributed by atoms with E-state index in [0.717, 1.165) is 23.7 Å². The molecule has 124 valence electrons. The van der Waals surface area contributed by atoms with E-state index in [1.54, 1.807) is 11.8 Å². The standard InChI is InChI=1S/C19H18FNO3/c1-12-7-8-15(10-16(12)20)19(23)24-11-18(22)21-13(2)9-14-5-3-4-6-17(14)21/h3-8,10,13H,9,11H2,1-2H3/t13-/m1/s1. The first-order chi connectivity index (χ1) is 11.5. The summed E-state index contributed by atoms with van der Waals surface area (Å²) in [5.74, 6) is -1.46. The number of hydrogen-bond donors (Lipinski definition) is 0. The number of nitrogens with zero attached hydrogens (tertiary/aromatic N) is 1. The Bertz CT molecular complexity index is 803. The summed E-state index contributed by atoms with van der Waals surface area (Å²) in [6.45, 7) is 3.20. The number of carbonyl (C=O) groups is 2. The molecule has 2 aromatic carbocycles. The molecule has 0 radical (unpaired) electrons. The average molecular weight is 327 g/mol. The van der Waals surface area contributed by atoms with Crippen molar-refractivity contribution < 1.29 is 18.7 Å². The lowest BCUT2D eigenvalue weighted by Crippen LogP contribution is -2.38. The van der Waals surface area contributed by atoms with Gasteiger partial charge in [-0.3, -0.25) is 4.79 Å². The number of aryl methyl sites for hydroxylation is 1. The van der Waals surface area contributed by atoms with Crippen LogP contribution in [0.25, 0.3) is 0 Å². The molecular weight excluding hydrogens is 309 g/mol. The highest BCUT2D eigenvalue weighted by molar-refractivity contribution is 5.99. The maximum absolute atomic E-state index is 13.5. The quantitative estimate of drug-likeness (QED) is 0.813. The minimum absolute atomic E-state index is 0.0189. The number of hydrogen-bond acceptors (Lipinski definition) is 3. The summed E-state index contributed by atoms with van der Waals surface area (Å²) in [4.78, 5) is 26.1. The number of ether oxygens (including phenoxy) is 1. The second-order valence-corrected chi connectivity index (χ2v) is 5.99. The minimum Gasteiger partial charge on any atom is -0.452 e. The molecule has 4 nitrogen and oxygen atoms in total. The van der Waals surface area contributed by atoms with E-state index in [1.165, 1.54) is 12.1 Å². The Balaban J connectivity index is 1.67. The first-order valence-electron chi connectivity index (χ1n) is 7.80. The summed E-state index contributed by atoms with van der Waals surface area (Å²) >= 11 is 0. The van der Waals surface area contributed by atoms with Crippen molar-refractivity contribution in [3.05, 3.63) is 65.0 Å². The predicted molar refractivity (Wildman–Crippen MR) is 88.5 cm³/mol. The summed E-state index contributed by atoms with van der Waals surface area (Å²) in [5.41, 5.74) is 2.50. The van der Waals surface area contributed by atoms with Crippen molar-refractivity contribution in [2.24, 2.45) is 0 Å². The number of amides is 1. The van der Waals surface area contributed by atoms with Crippen LogP contribution in [0.1, 0.15) is 28.4 Å². The molecule has 0 unspecified atom stereocenters. The van der Waals surface area contributed by atoms with Crippen LogP contribution in [-0.4, -0.2) is 24.5 Å². The van der Waals surface area contributed by atoms with E-state index in [4.69, 9.17) is 4.74 Å². The number of fused-ring (bicyclic) bond motifs is 1. The molecular formula is C19H18FNO3. The highest BCUT2D eigenvalue weighted by Crippen LogP contribution is 2.31. The van der Waals surface area contributed by atoms with Gasteiger partial charge in [-0.15, -0.1) is 0 Å². The van der Waals surface area contributed by atoms with E-state index >= 15 is 0 Å². The molecule has 0 spiro atoms. The molecule has 1 aliphatic rings. The molecule has 5 heteroatoms. The fourth-order valence-corrected chi connectivity index (χ4v) is 2.95. The monoisotopic (exact) mass is 327 g/mol. The zero-order valence-electron chi connectivity index (χ0n) is 13.6. The maximum Gasteiger partial charge on any atom is 0.338 e. The normalized spacial score (nSPS) is 16.0. The molecule has 0 N–H and O–H groups in total. The summed E-state index contributed by atoms with van der Waals surface area (Å²) < 4.78 is 18.6. The van der Waals surface area contributed by atoms with Crippen LogP contribution >= 0.6 is 0 Å². The molecule has 0 saturated carbocycles. The fraction of sp³-hybridized carbons (Fsp3) is 0.263. The Kier molecular flexibility index (Phi) is 4.34. The highest BCUT2D eigenvalue weighted by atomic mass is 19.1. The summed E-state index contributed by atoms with van der Waals surface area (Å²) in [7, 11) is 0. The molecule has 24 heavy (non-hydrogen) atoms. The van der Waals surface area contributed by atoms with Gasteiger partial charge in [-0.25, -0.2) is 9.18 Å². The number of esters is 1. The van der Waals surface area contributed by atoms with E-state index in [2.05, 4.69) is 0 Å². The molecule has 1 aliphatic heterocycles. The number of halogens is 1. The number of carbonyl (C=O) groups excluding carboxylic acids is 2. The largest absolute Gasteiger partial charge is 0.452 e. The van der Waals surface area contributed by atoms with Gasteiger partial charge in [0.05, 0.1) is 5.56 Å². The lowest BCUT2D eigenvalue weighted by molar-refractivity contribution is -0.122. The number of para-hydroxylation sites is 1. The molecule has 1 atom stereocenters. The van der Waals surface area contributed by atoms with Crippen molar-refractivity contribution in [3.63, 3.8) is 0 Å². The molecule has 3 rings (SSSR count). The van der Waals surface area contributed by atoms with Crippen LogP contribution in [0.5, 0.6) is 0 Å². The lowest BCUT2D eigenvalue weighted by atomic mass is 10.1. The van der Waals surface area contributed by atoms with Crippen molar-refractivity contribution in [2.45, 2.75) is 26.3 Å². The highest BCUT2D eigenvalue weighted by Gasteiger charge is 2.31. The zero-order valence-corrected chi connectivity index (χ0v) is 13.6. The van der Waals surface area contributed by atoms with Crippen molar-refractivity contribution in [2.75, 3.05) is 11.5 Å². The summed E-state index contributed by atoms with van der Waals surface area (Å²) in [6, 6.07) is 11.8. The number of benzene rings is 2. The van der Waals surface area contributed by atoms with Gasteiger partial charge in [-0.05, 0) is 49.6 Å². The van der Waals surface area contributed by atoms with Gasteiger partial charge in [-0.1, -0.05) is 24.3 Å². The van der Waals surface area contributed by atoms with Crippen LogP contribution in [-0.2, 0) is 16.0 Å². The molecule has 1 heterocycles. The van der Waals surface area contributed by atoms with Gasteiger partial charge in [-0.2, -0.15) is 0 Å². The van der Waals surface area contributed by atoms with Gasteiger partial charge in [0.15, 0.2) is 6.61 Å². The van der Waals surface area contributed by atoms with Crippen LogP contribution in [0.4, 0.5) is 10.1 Å². The SMILES string of the molecule is Cc1ccc(C(=O)OCC(=O)N2c3ccccc3C[C@H]2C)cc1F. The van der Waals surface area contributed by atoms with Gasteiger partial charge < -0.3 is 9.64 Å². The first-order valence-corrected chi connectivity index (χ1v) is 7.80. The van der Waals surface area contributed by atoms with Crippen molar-refractivity contribution in [1.82, 2.24) is 0 Å². The molecule has 0 fully saturated rings. The van der Waals surface area contributed by atoms with E-state index < -0.39 is 11.8 Å². The molecule has 0 aliphatic carbocycles. The van der Waals surface area contributed by atoms with E-state index in [0.29, 0.717) is 5.56 Å². The Labute approximate surface area is 139 Å². The third-order valence-electron chi connectivity index (χ3n) is 4.21. The van der Waals surface area contributed by atoms with Crippen LogP contribution in [0.3, 0.4) is 0 Å². The summed E-state index contributed by atoms with van der Waals surface area (Å²) in [6.07, 6.45) is 0.777. The maximum atomic E-state index is 13.5. The van der Waals surface area contributed by atoms with Gasteiger partial charge in [0, 0.05) is 11.7 Å². The molecule has 0 aromatic heterocycles. The minimum atomic E-state index is -0.706. The zero-order chi connectivity index (χ0) is 17.3.